The highest BCUT2D eigenvalue weighted by atomic mass is 19.1. The third-order valence-electron chi connectivity index (χ3n) is 7.88. The quantitative estimate of drug-likeness (QED) is 0.580. The van der Waals surface area contributed by atoms with Gasteiger partial charge in [-0.2, -0.15) is 5.10 Å². The first-order valence-corrected chi connectivity index (χ1v) is 12.6. The predicted molar refractivity (Wildman–Crippen MR) is 132 cm³/mol. The van der Waals surface area contributed by atoms with Crippen LogP contribution in [0, 0.1) is 5.92 Å². The van der Waals surface area contributed by atoms with Crippen molar-refractivity contribution in [1.82, 2.24) is 19.4 Å². The standard InChI is InChI=1S/C27H32FN5O/c1-2-30-10-8-21(17-30)19-3-5-20(6-4-19)22-15-26-25(7-9-29-33(26)18-22)31-11-13-32(14-12-31)27(34)23-16-24(23)28/h3-7,9,15,18,21,23-24H,2,8,10-14,16-17H2,1H3/t21-,23+,24-/m1/s1. The van der Waals surface area contributed by atoms with Gasteiger partial charge in [0.25, 0.3) is 0 Å². The van der Waals surface area contributed by atoms with Gasteiger partial charge in [-0.25, -0.2) is 8.91 Å². The molecule has 3 atom stereocenters. The lowest BCUT2D eigenvalue weighted by Gasteiger charge is -2.36. The molecular formula is C27H32FN5O. The second-order valence-corrected chi connectivity index (χ2v) is 9.95. The second kappa shape index (κ2) is 8.69. The Kier molecular flexibility index (Phi) is 5.52. The van der Waals surface area contributed by atoms with Crippen LogP contribution in [0.25, 0.3) is 16.6 Å². The lowest BCUT2D eigenvalue weighted by atomic mass is 9.96. The average Bonchev–Trinajstić information content (AvgIpc) is 3.26. The molecule has 0 N–H and O–H groups in total. The molecule has 4 heterocycles. The highest BCUT2D eigenvalue weighted by Crippen LogP contribution is 2.36. The number of hydrogen-bond donors (Lipinski definition) is 0. The fraction of sp³-hybridized carbons (Fsp3) is 0.481. The molecule has 7 heteroatoms. The van der Waals surface area contributed by atoms with E-state index in [1.54, 1.807) is 0 Å². The van der Waals surface area contributed by atoms with Crippen molar-refractivity contribution in [3.05, 3.63) is 54.4 Å². The van der Waals surface area contributed by atoms with Crippen LogP contribution in [0.2, 0.25) is 0 Å². The molecule has 6 rings (SSSR count). The minimum Gasteiger partial charge on any atom is -0.366 e. The smallest absolute Gasteiger partial charge is 0.228 e. The monoisotopic (exact) mass is 461 g/mol. The van der Waals surface area contributed by atoms with Crippen molar-refractivity contribution in [2.75, 3.05) is 50.7 Å². The number of piperazine rings is 1. The van der Waals surface area contributed by atoms with Crippen LogP contribution in [-0.2, 0) is 4.79 Å². The van der Waals surface area contributed by atoms with E-state index in [0.29, 0.717) is 25.4 Å². The number of carbonyl (C=O) groups is 1. The van der Waals surface area contributed by atoms with E-state index in [9.17, 15) is 9.18 Å². The van der Waals surface area contributed by atoms with E-state index in [0.717, 1.165) is 42.9 Å². The lowest BCUT2D eigenvalue weighted by Crippen LogP contribution is -2.49. The van der Waals surface area contributed by atoms with Gasteiger partial charge in [0, 0.05) is 50.7 Å². The predicted octanol–water partition coefficient (Wildman–Crippen LogP) is 3.82. The molecule has 1 saturated carbocycles. The van der Waals surface area contributed by atoms with Crippen LogP contribution in [0.5, 0.6) is 0 Å². The minimum atomic E-state index is -0.928. The number of amides is 1. The third-order valence-corrected chi connectivity index (χ3v) is 7.88. The van der Waals surface area contributed by atoms with E-state index in [4.69, 9.17) is 0 Å². The van der Waals surface area contributed by atoms with Crippen molar-refractivity contribution in [2.24, 2.45) is 5.92 Å². The van der Waals surface area contributed by atoms with Gasteiger partial charge in [0.2, 0.25) is 5.91 Å². The molecule has 3 fully saturated rings. The number of likely N-dealkylation sites (N-methyl/N-ethyl adjacent to an activating group) is 1. The van der Waals surface area contributed by atoms with Crippen LogP contribution in [0.15, 0.2) is 48.8 Å². The number of fused-ring (bicyclic) bond motifs is 1. The number of rotatable bonds is 5. The highest BCUT2D eigenvalue weighted by molar-refractivity contribution is 5.83. The zero-order valence-corrected chi connectivity index (χ0v) is 19.7. The first-order chi connectivity index (χ1) is 16.6. The van der Waals surface area contributed by atoms with Gasteiger partial charge in [0.1, 0.15) is 6.17 Å². The summed E-state index contributed by atoms with van der Waals surface area (Å²) in [6.45, 7) is 8.51. The lowest BCUT2D eigenvalue weighted by molar-refractivity contribution is -0.133. The SMILES string of the molecule is CCN1CC[C@@H](c2ccc(-c3cc4c(N5CCN(C(=O)[C@H]6C[C@H]6F)CC5)ccnn4c3)cc2)C1. The minimum absolute atomic E-state index is 0.0135. The molecule has 3 aromatic rings. The number of nitrogens with zero attached hydrogens (tertiary/aromatic N) is 5. The summed E-state index contributed by atoms with van der Waals surface area (Å²) in [6, 6.07) is 13.3. The number of benzene rings is 1. The number of anilines is 1. The maximum absolute atomic E-state index is 13.3. The number of halogens is 1. The molecule has 0 radical (unpaired) electrons. The third kappa shape index (κ3) is 3.96. The molecule has 2 aliphatic heterocycles. The molecule has 178 valence electrons. The Balaban J connectivity index is 1.18. The Morgan fingerprint density at radius 3 is 2.50 bits per heavy atom. The Morgan fingerprint density at radius 1 is 1.06 bits per heavy atom. The van der Waals surface area contributed by atoms with Gasteiger partial charge < -0.3 is 14.7 Å². The summed E-state index contributed by atoms with van der Waals surface area (Å²) in [5.74, 6) is 0.232. The van der Waals surface area contributed by atoms with E-state index < -0.39 is 12.1 Å². The fourth-order valence-electron chi connectivity index (χ4n) is 5.59. The number of likely N-dealkylation sites (tertiary alicyclic amines) is 1. The number of hydrogen-bond acceptors (Lipinski definition) is 4. The van der Waals surface area contributed by atoms with Gasteiger partial charge in [-0.15, -0.1) is 0 Å². The molecular weight excluding hydrogens is 429 g/mol. The summed E-state index contributed by atoms with van der Waals surface area (Å²) in [7, 11) is 0. The van der Waals surface area contributed by atoms with Crippen molar-refractivity contribution in [1.29, 1.82) is 0 Å². The van der Waals surface area contributed by atoms with E-state index in [1.807, 2.05) is 15.6 Å². The number of alkyl halides is 1. The van der Waals surface area contributed by atoms with Crippen LogP contribution >= 0.6 is 0 Å². The van der Waals surface area contributed by atoms with Crippen LogP contribution in [0.3, 0.4) is 0 Å². The molecule has 1 aliphatic carbocycles. The summed E-state index contributed by atoms with van der Waals surface area (Å²) in [5, 5.41) is 4.54. The van der Waals surface area contributed by atoms with Gasteiger partial charge in [0.15, 0.2) is 0 Å². The van der Waals surface area contributed by atoms with Gasteiger partial charge in [0.05, 0.1) is 17.1 Å². The van der Waals surface area contributed by atoms with Crippen LogP contribution in [0.4, 0.5) is 10.1 Å². The Morgan fingerprint density at radius 2 is 1.82 bits per heavy atom. The molecule has 6 nitrogen and oxygen atoms in total. The van der Waals surface area contributed by atoms with Gasteiger partial charge in [-0.3, -0.25) is 4.79 Å². The van der Waals surface area contributed by atoms with Crippen molar-refractivity contribution in [3.63, 3.8) is 0 Å². The van der Waals surface area contributed by atoms with Crippen molar-refractivity contribution in [2.45, 2.75) is 31.9 Å². The van der Waals surface area contributed by atoms with Crippen LogP contribution < -0.4 is 4.90 Å². The summed E-state index contributed by atoms with van der Waals surface area (Å²) in [5.41, 5.74) is 5.99. The van der Waals surface area contributed by atoms with Gasteiger partial charge in [-0.05, 0) is 55.1 Å². The van der Waals surface area contributed by atoms with E-state index in [2.05, 4.69) is 64.4 Å². The molecule has 1 aromatic carbocycles. The maximum Gasteiger partial charge on any atom is 0.228 e. The molecule has 0 unspecified atom stereocenters. The van der Waals surface area contributed by atoms with Crippen molar-refractivity contribution in [3.8, 4) is 11.1 Å². The zero-order chi connectivity index (χ0) is 23.2. The largest absolute Gasteiger partial charge is 0.366 e. The maximum atomic E-state index is 13.3. The van der Waals surface area contributed by atoms with Gasteiger partial charge >= 0.3 is 0 Å². The normalized spacial score (nSPS) is 25.3. The number of carbonyl (C=O) groups excluding carboxylic acids is 1. The molecule has 2 saturated heterocycles. The van der Waals surface area contributed by atoms with E-state index in [-0.39, 0.29) is 5.91 Å². The highest BCUT2D eigenvalue weighted by Gasteiger charge is 2.46. The first-order valence-electron chi connectivity index (χ1n) is 12.6. The molecule has 34 heavy (non-hydrogen) atoms. The van der Waals surface area contributed by atoms with E-state index in [1.165, 1.54) is 24.1 Å². The molecule has 1 amide bonds. The Labute approximate surface area is 199 Å². The fourth-order valence-corrected chi connectivity index (χ4v) is 5.59. The van der Waals surface area contributed by atoms with Crippen LogP contribution in [-0.4, -0.2) is 77.3 Å². The van der Waals surface area contributed by atoms with E-state index >= 15 is 0 Å². The second-order valence-electron chi connectivity index (χ2n) is 9.95. The Bertz CT molecular complexity index is 1180. The molecule has 0 spiro atoms. The average molecular weight is 462 g/mol. The Hall–Kier alpha value is -2.93. The number of aromatic nitrogens is 2. The van der Waals surface area contributed by atoms with Gasteiger partial charge in [-0.1, -0.05) is 31.2 Å². The summed E-state index contributed by atoms with van der Waals surface area (Å²) in [4.78, 5) is 19.0. The molecule has 0 bridgehead atoms. The summed E-state index contributed by atoms with van der Waals surface area (Å²) >= 11 is 0. The summed E-state index contributed by atoms with van der Waals surface area (Å²) in [6.07, 6.45) is 4.64. The first kappa shape index (κ1) is 21.6. The van der Waals surface area contributed by atoms with Crippen LogP contribution in [0.1, 0.15) is 31.2 Å². The topological polar surface area (TPSA) is 44.1 Å². The zero-order valence-electron chi connectivity index (χ0n) is 19.7. The molecule has 3 aliphatic rings. The van der Waals surface area contributed by atoms with Crippen molar-refractivity contribution >= 4 is 17.1 Å². The molecule has 2 aromatic heterocycles. The summed E-state index contributed by atoms with van der Waals surface area (Å²) < 4.78 is 15.2. The van der Waals surface area contributed by atoms with Crippen molar-refractivity contribution < 1.29 is 9.18 Å².